The van der Waals surface area contributed by atoms with Crippen LogP contribution in [0.15, 0.2) is 48.5 Å². The second-order valence-electron chi connectivity index (χ2n) is 7.79. The van der Waals surface area contributed by atoms with Crippen LogP contribution in [0.5, 0.6) is 0 Å². The summed E-state index contributed by atoms with van der Waals surface area (Å²) in [5, 5.41) is 0. The third-order valence-corrected chi connectivity index (χ3v) is 5.48. The molecule has 2 aromatic carbocycles. The van der Waals surface area contributed by atoms with E-state index in [0.29, 0.717) is 39.6 Å². The van der Waals surface area contributed by atoms with Gasteiger partial charge in [0.15, 0.2) is 0 Å². The van der Waals surface area contributed by atoms with E-state index < -0.39 is 0 Å². The summed E-state index contributed by atoms with van der Waals surface area (Å²) < 4.78 is 17.5. The van der Waals surface area contributed by atoms with E-state index >= 15 is 0 Å². The lowest BCUT2D eigenvalue weighted by molar-refractivity contribution is 0.0311. The van der Waals surface area contributed by atoms with Crippen molar-refractivity contribution in [2.24, 2.45) is 0 Å². The van der Waals surface area contributed by atoms with Crippen molar-refractivity contribution in [1.29, 1.82) is 0 Å². The zero-order valence-electron chi connectivity index (χ0n) is 18.4. The Balaban J connectivity index is 1.53. The van der Waals surface area contributed by atoms with Gasteiger partial charge >= 0.3 is 0 Å². The molecule has 1 aliphatic heterocycles. The van der Waals surface area contributed by atoms with Gasteiger partial charge in [-0.2, -0.15) is 0 Å². The molecule has 0 radical (unpaired) electrons. The Morgan fingerprint density at radius 2 is 0.903 bits per heavy atom. The smallest absolute Gasteiger partial charge is 0.0701 e. The number of benzene rings is 2. The fourth-order valence-electron chi connectivity index (χ4n) is 3.58. The largest absolute Gasteiger partial charge is 0.398 e. The normalized spacial score (nSPS) is 18.8. The van der Waals surface area contributed by atoms with Gasteiger partial charge in [0.25, 0.3) is 0 Å². The zero-order chi connectivity index (χ0) is 21.7. The second-order valence-corrected chi connectivity index (χ2v) is 7.79. The Labute approximate surface area is 185 Å². The summed E-state index contributed by atoms with van der Waals surface area (Å²) in [7, 11) is 0. The van der Waals surface area contributed by atoms with Gasteiger partial charge in [-0.3, -0.25) is 9.80 Å². The predicted molar refractivity (Wildman–Crippen MR) is 125 cm³/mol. The van der Waals surface area contributed by atoms with Crippen LogP contribution in [0.1, 0.15) is 11.1 Å². The molecule has 170 valence electrons. The SMILES string of the molecule is Nc1ccccc1CN1CCOCCOCCN(Cc2ccccc2N)CCOCC1. The minimum atomic E-state index is 0.601. The molecule has 4 N–H and O–H groups in total. The molecule has 1 aliphatic rings. The van der Waals surface area contributed by atoms with E-state index in [2.05, 4.69) is 21.9 Å². The summed E-state index contributed by atoms with van der Waals surface area (Å²) in [5.74, 6) is 0. The minimum Gasteiger partial charge on any atom is -0.398 e. The van der Waals surface area contributed by atoms with Crippen LogP contribution in [-0.4, -0.2) is 75.6 Å². The maximum Gasteiger partial charge on any atom is 0.0701 e. The molecular weight excluding hydrogens is 392 g/mol. The molecule has 1 fully saturated rings. The van der Waals surface area contributed by atoms with Crippen LogP contribution in [0.2, 0.25) is 0 Å². The molecule has 0 bridgehead atoms. The molecule has 0 saturated carbocycles. The minimum absolute atomic E-state index is 0.601. The maximum atomic E-state index is 6.13. The third-order valence-electron chi connectivity index (χ3n) is 5.48. The maximum absolute atomic E-state index is 6.13. The van der Waals surface area contributed by atoms with Gasteiger partial charge in [-0.25, -0.2) is 0 Å². The number of hydrogen-bond acceptors (Lipinski definition) is 7. The van der Waals surface area contributed by atoms with Crippen molar-refractivity contribution in [3.63, 3.8) is 0 Å². The second kappa shape index (κ2) is 13.3. The Bertz CT molecular complexity index is 710. The van der Waals surface area contributed by atoms with E-state index in [-0.39, 0.29) is 0 Å². The zero-order valence-corrected chi connectivity index (χ0v) is 18.4. The van der Waals surface area contributed by atoms with Crippen LogP contribution >= 0.6 is 0 Å². The highest BCUT2D eigenvalue weighted by Crippen LogP contribution is 2.14. The van der Waals surface area contributed by atoms with Crippen LogP contribution in [0.25, 0.3) is 0 Å². The predicted octanol–water partition coefficient (Wildman–Crippen LogP) is 2.22. The molecule has 0 unspecified atom stereocenters. The fourth-order valence-corrected chi connectivity index (χ4v) is 3.58. The van der Waals surface area contributed by atoms with E-state index in [1.54, 1.807) is 0 Å². The first-order valence-corrected chi connectivity index (χ1v) is 11.1. The van der Waals surface area contributed by atoms with Crippen molar-refractivity contribution in [2.75, 3.05) is 77.3 Å². The van der Waals surface area contributed by atoms with Crippen molar-refractivity contribution in [3.8, 4) is 0 Å². The van der Waals surface area contributed by atoms with E-state index in [0.717, 1.165) is 61.8 Å². The number of para-hydroxylation sites is 2. The molecule has 1 heterocycles. The monoisotopic (exact) mass is 428 g/mol. The number of nitrogens with two attached hydrogens (primary N) is 2. The molecule has 7 heteroatoms. The Hall–Kier alpha value is -2.16. The molecule has 7 nitrogen and oxygen atoms in total. The molecule has 0 amide bonds. The van der Waals surface area contributed by atoms with Gasteiger partial charge in [-0.05, 0) is 23.3 Å². The first-order chi connectivity index (χ1) is 15.2. The van der Waals surface area contributed by atoms with Crippen LogP contribution in [0, 0.1) is 0 Å². The summed E-state index contributed by atoms with van der Waals surface area (Å²) in [6.07, 6.45) is 0. The van der Waals surface area contributed by atoms with Crippen molar-refractivity contribution >= 4 is 11.4 Å². The highest BCUT2D eigenvalue weighted by atomic mass is 16.5. The van der Waals surface area contributed by atoms with Crippen molar-refractivity contribution in [2.45, 2.75) is 13.1 Å². The van der Waals surface area contributed by atoms with Crippen LogP contribution in [0.3, 0.4) is 0 Å². The molecular formula is C24H36N4O3. The molecule has 0 aromatic heterocycles. The summed E-state index contributed by atoms with van der Waals surface area (Å²) in [4.78, 5) is 4.66. The highest BCUT2D eigenvalue weighted by molar-refractivity contribution is 5.46. The molecule has 1 saturated heterocycles. The van der Waals surface area contributed by atoms with Crippen molar-refractivity contribution in [3.05, 3.63) is 59.7 Å². The molecule has 0 spiro atoms. The summed E-state index contributed by atoms with van der Waals surface area (Å²) >= 11 is 0. The summed E-state index contributed by atoms with van der Waals surface area (Å²) in [5.41, 5.74) is 16.2. The lowest BCUT2D eigenvalue weighted by atomic mass is 10.1. The Morgan fingerprint density at radius 3 is 1.29 bits per heavy atom. The van der Waals surface area contributed by atoms with E-state index in [9.17, 15) is 0 Å². The number of ether oxygens (including phenoxy) is 3. The van der Waals surface area contributed by atoms with Gasteiger partial charge < -0.3 is 25.7 Å². The van der Waals surface area contributed by atoms with Crippen LogP contribution in [0.4, 0.5) is 11.4 Å². The average molecular weight is 429 g/mol. The molecule has 2 aromatic rings. The fraction of sp³-hybridized carbons (Fsp3) is 0.500. The van der Waals surface area contributed by atoms with E-state index in [1.165, 1.54) is 0 Å². The standard InChI is InChI=1S/C24H36N4O3/c25-23-7-3-1-5-21(23)19-27-9-13-29-14-10-28(12-16-31-18-17-30-15-11-27)20-22-6-2-4-8-24(22)26/h1-8H,9-20,25-26H2. The number of hydrogen-bond donors (Lipinski definition) is 2. The van der Waals surface area contributed by atoms with Gasteiger partial charge in [0.1, 0.15) is 0 Å². The lowest BCUT2D eigenvalue weighted by Crippen LogP contribution is -2.33. The third kappa shape index (κ3) is 8.47. The average Bonchev–Trinajstić information content (AvgIpc) is 2.78. The van der Waals surface area contributed by atoms with Crippen molar-refractivity contribution in [1.82, 2.24) is 9.80 Å². The van der Waals surface area contributed by atoms with Gasteiger partial charge in [0.05, 0.1) is 39.6 Å². The summed E-state index contributed by atoms with van der Waals surface area (Å²) in [6, 6.07) is 16.0. The van der Waals surface area contributed by atoms with Gasteiger partial charge in [0.2, 0.25) is 0 Å². The number of nitrogen functional groups attached to an aromatic ring is 2. The number of nitrogens with zero attached hydrogens (tertiary/aromatic N) is 2. The first-order valence-electron chi connectivity index (χ1n) is 11.1. The van der Waals surface area contributed by atoms with Crippen LogP contribution in [-0.2, 0) is 27.3 Å². The lowest BCUT2D eigenvalue weighted by Gasteiger charge is -2.24. The van der Waals surface area contributed by atoms with Crippen LogP contribution < -0.4 is 11.5 Å². The molecule has 3 rings (SSSR count). The van der Waals surface area contributed by atoms with Gasteiger partial charge in [-0.1, -0.05) is 36.4 Å². The topological polar surface area (TPSA) is 86.2 Å². The Kier molecular flexibility index (Phi) is 10.1. The summed E-state index contributed by atoms with van der Waals surface area (Å²) in [6.45, 7) is 8.77. The quantitative estimate of drug-likeness (QED) is 0.722. The highest BCUT2D eigenvalue weighted by Gasteiger charge is 2.11. The van der Waals surface area contributed by atoms with E-state index in [1.807, 2.05) is 36.4 Å². The number of rotatable bonds is 4. The van der Waals surface area contributed by atoms with E-state index in [4.69, 9.17) is 25.7 Å². The molecule has 0 aliphatic carbocycles. The van der Waals surface area contributed by atoms with Gasteiger partial charge in [-0.15, -0.1) is 0 Å². The van der Waals surface area contributed by atoms with Crippen molar-refractivity contribution < 1.29 is 14.2 Å². The Morgan fingerprint density at radius 1 is 0.548 bits per heavy atom. The number of anilines is 2. The molecule has 31 heavy (non-hydrogen) atoms. The molecule has 0 atom stereocenters. The first kappa shape index (κ1) is 23.5. The van der Waals surface area contributed by atoms with Gasteiger partial charge in [0, 0.05) is 50.6 Å².